The number of nitrogens with zero attached hydrogens (tertiary/aromatic N) is 1. The molecule has 0 bridgehead atoms. The third-order valence-corrected chi connectivity index (χ3v) is 3.68. The van der Waals surface area contributed by atoms with Gasteiger partial charge in [0.05, 0.1) is 12.4 Å². The van der Waals surface area contributed by atoms with Crippen LogP contribution in [-0.4, -0.2) is 69.2 Å². The fraction of sp³-hybridized carbons (Fsp3) is 0.500. The van der Waals surface area contributed by atoms with Crippen molar-refractivity contribution in [3.63, 3.8) is 0 Å². The van der Waals surface area contributed by atoms with Gasteiger partial charge in [-0.15, -0.1) is 0 Å². The number of thiol groups is 1. The van der Waals surface area contributed by atoms with Crippen LogP contribution in [0.15, 0.2) is 12.5 Å². The quantitative estimate of drug-likeness (QED) is 0.215. The molecule has 144 valence electrons. The van der Waals surface area contributed by atoms with Gasteiger partial charge in [0.15, 0.2) is 0 Å². The SMILES string of the molecule is CC(NC(=O)C(N)Cc1cnc[nH]1)C(=O)NC(CS)C(=O)NCC(=O)O. The highest BCUT2D eigenvalue weighted by atomic mass is 32.1. The predicted molar refractivity (Wildman–Crippen MR) is 94.3 cm³/mol. The molecule has 3 unspecified atom stereocenters. The highest BCUT2D eigenvalue weighted by molar-refractivity contribution is 7.80. The molecule has 1 heterocycles. The molecule has 0 radical (unpaired) electrons. The summed E-state index contributed by atoms with van der Waals surface area (Å²) in [6.07, 6.45) is 3.22. The average molecular weight is 386 g/mol. The van der Waals surface area contributed by atoms with E-state index in [2.05, 4.69) is 38.5 Å². The number of nitrogens with one attached hydrogen (secondary N) is 4. The van der Waals surface area contributed by atoms with Crippen molar-refractivity contribution >= 4 is 36.3 Å². The largest absolute Gasteiger partial charge is 0.480 e. The maximum absolute atomic E-state index is 12.1. The summed E-state index contributed by atoms with van der Waals surface area (Å²) in [5, 5.41) is 15.5. The van der Waals surface area contributed by atoms with E-state index in [9.17, 15) is 19.2 Å². The van der Waals surface area contributed by atoms with Gasteiger partial charge in [0.2, 0.25) is 17.7 Å². The Morgan fingerprint density at radius 3 is 2.50 bits per heavy atom. The van der Waals surface area contributed by atoms with E-state index < -0.39 is 48.4 Å². The van der Waals surface area contributed by atoms with E-state index in [-0.39, 0.29) is 12.2 Å². The Morgan fingerprint density at radius 2 is 1.96 bits per heavy atom. The van der Waals surface area contributed by atoms with Crippen LogP contribution in [-0.2, 0) is 25.6 Å². The summed E-state index contributed by atoms with van der Waals surface area (Å²) in [6, 6.07) is -2.88. The van der Waals surface area contributed by atoms with Crippen LogP contribution < -0.4 is 21.7 Å². The number of carboxylic acids is 1. The first-order valence-electron chi connectivity index (χ1n) is 7.68. The van der Waals surface area contributed by atoms with Gasteiger partial charge in [0.25, 0.3) is 0 Å². The molecule has 3 amide bonds. The highest BCUT2D eigenvalue weighted by Gasteiger charge is 2.25. The smallest absolute Gasteiger partial charge is 0.322 e. The zero-order valence-corrected chi connectivity index (χ0v) is 15.0. The molecule has 0 aliphatic rings. The third kappa shape index (κ3) is 7.11. The normalized spacial score (nSPS) is 14.0. The van der Waals surface area contributed by atoms with E-state index >= 15 is 0 Å². The van der Waals surface area contributed by atoms with E-state index in [4.69, 9.17) is 10.8 Å². The van der Waals surface area contributed by atoms with Crippen LogP contribution >= 0.6 is 12.6 Å². The summed E-state index contributed by atoms with van der Waals surface area (Å²) in [4.78, 5) is 53.0. The number of rotatable bonds is 10. The van der Waals surface area contributed by atoms with Crippen molar-refractivity contribution in [1.29, 1.82) is 0 Å². The fourth-order valence-electron chi connectivity index (χ4n) is 1.89. The molecule has 0 saturated heterocycles. The number of nitrogens with two attached hydrogens (primary N) is 1. The Morgan fingerprint density at radius 1 is 1.27 bits per heavy atom. The molecule has 0 aliphatic carbocycles. The Balaban J connectivity index is 2.50. The van der Waals surface area contributed by atoms with Gasteiger partial charge in [-0.05, 0) is 6.92 Å². The minimum atomic E-state index is -1.21. The number of carbonyl (C=O) groups excluding carboxylic acids is 3. The second-order valence-corrected chi connectivity index (χ2v) is 5.84. The summed E-state index contributed by atoms with van der Waals surface area (Å²) in [5.41, 5.74) is 6.45. The number of imidazole rings is 1. The summed E-state index contributed by atoms with van der Waals surface area (Å²) >= 11 is 3.95. The average Bonchev–Trinajstić information content (AvgIpc) is 3.09. The number of hydrogen-bond donors (Lipinski definition) is 7. The third-order valence-electron chi connectivity index (χ3n) is 3.31. The Bertz CT molecular complexity index is 638. The summed E-state index contributed by atoms with van der Waals surface area (Å²) < 4.78 is 0. The number of H-pyrrole nitrogens is 1. The molecule has 1 aromatic heterocycles. The number of aromatic amines is 1. The van der Waals surface area contributed by atoms with E-state index in [1.165, 1.54) is 19.4 Å². The van der Waals surface area contributed by atoms with Crippen LogP contribution in [0.2, 0.25) is 0 Å². The minimum Gasteiger partial charge on any atom is -0.480 e. The van der Waals surface area contributed by atoms with Crippen molar-refractivity contribution in [1.82, 2.24) is 25.9 Å². The number of hydrogen-bond acceptors (Lipinski definition) is 7. The van der Waals surface area contributed by atoms with Crippen LogP contribution in [0.25, 0.3) is 0 Å². The van der Waals surface area contributed by atoms with E-state index in [1.54, 1.807) is 0 Å². The second-order valence-electron chi connectivity index (χ2n) is 5.47. The second kappa shape index (κ2) is 10.4. The zero-order valence-electron chi connectivity index (χ0n) is 14.1. The number of aliphatic carboxylic acids is 1. The number of carbonyl (C=O) groups is 4. The Labute approximate surface area is 154 Å². The molecule has 1 aromatic rings. The van der Waals surface area contributed by atoms with Crippen LogP contribution in [0.5, 0.6) is 0 Å². The molecule has 11 nitrogen and oxygen atoms in total. The van der Waals surface area contributed by atoms with Gasteiger partial charge >= 0.3 is 5.97 Å². The molecule has 0 spiro atoms. The van der Waals surface area contributed by atoms with Crippen molar-refractivity contribution < 1.29 is 24.3 Å². The molecule has 0 fully saturated rings. The monoisotopic (exact) mass is 386 g/mol. The van der Waals surface area contributed by atoms with Crippen LogP contribution in [0.1, 0.15) is 12.6 Å². The lowest BCUT2D eigenvalue weighted by molar-refractivity contribution is -0.138. The van der Waals surface area contributed by atoms with Gasteiger partial charge in [-0.3, -0.25) is 19.2 Å². The van der Waals surface area contributed by atoms with Crippen LogP contribution in [0.4, 0.5) is 0 Å². The summed E-state index contributed by atoms with van der Waals surface area (Å²) in [7, 11) is 0. The topological polar surface area (TPSA) is 179 Å². The summed E-state index contributed by atoms with van der Waals surface area (Å²) in [5.74, 6) is -3.12. The van der Waals surface area contributed by atoms with E-state index in [1.807, 2.05) is 0 Å². The van der Waals surface area contributed by atoms with Crippen molar-refractivity contribution in [2.24, 2.45) is 5.73 Å². The zero-order chi connectivity index (χ0) is 19.7. The van der Waals surface area contributed by atoms with Crippen LogP contribution in [0, 0.1) is 0 Å². The van der Waals surface area contributed by atoms with E-state index in [0.717, 1.165) is 0 Å². The van der Waals surface area contributed by atoms with Gasteiger partial charge in [0, 0.05) is 24.1 Å². The lowest BCUT2D eigenvalue weighted by atomic mass is 10.1. The van der Waals surface area contributed by atoms with Crippen molar-refractivity contribution in [3.05, 3.63) is 18.2 Å². The molecule has 12 heteroatoms. The highest BCUT2D eigenvalue weighted by Crippen LogP contribution is 1.98. The first kappa shape index (κ1) is 21.4. The molecule has 0 saturated carbocycles. The summed E-state index contributed by atoms with van der Waals surface area (Å²) in [6.45, 7) is 0.856. The van der Waals surface area contributed by atoms with Gasteiger partial charge in [0.1, 0.15) is 18.6 Å². The Hall–Kier alpha value is -2.60. The maximum atomic E-state index is 12.1. The molecule has 7 N–H and O–H groups in total. The maximum Gasteiger partial charge on any atom is 0.322 e. The van der Waals surface area contributed by atoms with Crippen LogP contribution in [0.3, 0.4) is 0 Å². The molecule has 0 aliphatic heterocycles. The number of carboxylic acid groups (broad SMARTS) is 1. The molecule has 3 atom stereocenters. The molecule has 1 rings (SSSR count). The predicted octanol–water partition coefficient (Wildman–Crippen LogP) is -2.60. The lowest BCUT2D eigenvalue weighted by Gasteiger charge is -2.20. The van der Waals surface area contributed by atoms with Crippen molar-refractivity contribution in [2.45, 2.75) is 31.5 Å². The van der Waals surface area contributed by atoms with Gasteiger partial charge in [-0.2, -0.15) is 12.6 Å². The molecular formula is C14H22N6O5S. The van der Waals surface area contributed by atoms with Crippen molar-refractivity contribution in [2.75, 3.05) is 12.3 Å². The Kier molecular flexibility index (Phi) is 8.58. The van der Waals surface area contributed by atoms with Gasteiger partial charge in [-0.25, -0.2) is 4.98 Å². The number of amides is 3. The van der Waals surface area contributed by atoms with Gasteiger partial charge in [-0.1, -0.05) is 0 Å². The lowest BCUT2D eigenvalue weighted by Crippen LogP contribution is -2.55. The first-order valence-corrected chi connectivity index (χ1v) is 8.31. The molecule has 0 aromatic carbocycles. The first-order chi connectivity index (χ1) is 12.2. The standard InChI is InChI=1S/C14H22N6O5S/c1-7(19-13(24)9(15)2-8-3-16-6-18-8)12(23)20-10(5-26)14(25)17-4-11(21)22/h3,6-7,9-10,26H,2,4-5,15H2,1H3,(H,16,18)(H,17,25)(H,19,24)(H,20,23)(H,21,22). The van der Waals surface area contributed by atoms with Gasteiger partial charge < -0.3 is 31.8 Å². The molecular weight excluding hydrogens is 364 g/mol. The fourth-order valence-corrected chi connectivity index (χ4v) is 2.15. The van der Waals surface area contributed by atoms with Crippen molar-refractivity contribution in [3.8, 4) is 0 Å². The van der Waals surface area contributed by atoms with E-state index in [0.29, 0.717) is 5.69 Å². The minimum absolute atomic E-state index is 0.0444. The number of aromatic nitrogens is 2. The molecule has 26 heavy (non-hydrogen) atoms.